The lowest BCUT2D eigenvalue weighted by molar-refractivity contribution is 0.111. The summed E-state index contributed by atoms with van der Waals surface area (Å²) in [6.45, 7) is 0.654. The molecule has 0 amide bonds. The summed E-state index contributed by atoms with van der Waals surface area (Å²) in [4.78, 5) is 12.6. The quantitative estimate of drug-likeness (QED) is 0.581. The number of aldehydes is 1. The highest BCUT2D eigenvalue weighted by Gasteiger charge is 1.81. The van der Waals surface area contributed by atoms with Crippen molar-refractivity contribution in [1.29, 1.82) is 0 Å². The summed E-state index contributed by atoms with van der Waals surface area (Å²) < 4.78 is 4.56. The highest BCUT2D eigenvalue weighted by Crippen LogP contribution is 1.85. The van der Waals surface area contributed by atoms with Crippen LogP contribution >= 0.6 is 11.6 Å². The van der Waals surface area contributed by atoms with Gasteiger partial charge in [0.2, 0.25) is 0 Å². The zero-order valence-corrected chi connectivity index (χ0v) is 7.67. The molecule has 1 N–H and O–H groups in total. The second-order valence-electron chi connectivity index (χ2n) is 1.93. The molecule has 0 spiro atoms. The van der Waals surface area contributed by atoms with Crippen molar-refractivity contribution < 1.29 is 9.53 Å². The first-order valence-corrected chi connectivity index (χ1v) is 4.02. The first-order chi connectivity index (χ1) is 5.85. The van der Waals surface area contributed by atoms with Crippen LogP contribution in [0.4, 0.5) is 0 Å². The fraction of sp³-hybridized carbons (Fsp3) is 0.375. The third kappa shape index (κ3) is 5.95. The van der Waals surface area contributed by atoms with E-state index in [2.05, 4.69) is 9.72 Å². The van der Waals surface area contributed by atoms with Crippen LogP contribution in [0, 0.1) is 0 Å². The molecule has 0 saturated carbocycles. The van der Waals surface area contributed by atoms with Gasteiger partial charge in [-0.3, -0.25) is 4.79 Å². The Bertz CT molecular complexity index is 185. The third-order valence-corrected chi connectivity index (χ3v) is 1.18. The van der Waals surface area contributed by atoms with Gasteiger partial charge in [0.05, 0.1) is 12.3 Å². The maximum atomic E-state index is 9.84. The lowest BCUT2D eigenvalue weighted by atomic mass is 10.5. The molecule has 4 heteroatoms. The van der Waals surface area contributed by atoms with Gasteiger partial charge < -0.3 is 9.72 Å². The molecule has 0 aromatic carbocycles. The van der Waals surface area contributed by atoms with Crippen LogP contribution in [-0.2, 0) is 4.74 Å². The Balaban J connectivity index is 0.000000217. The number of ether oxygens (including phenoxy) is 1. The van der Waals surface area contributed by atoms with Crippen molar-refractivity contribution in [3.8, 4) is 0 Å². The zero-order valence-electron chi connectivity index (χ0n) is 6.92. The lowest BCUT2D eigenvalue weighted by Crippen LogP contribution is -1.85. The zero-order chi connectivity index (χ0) is 9.23. The maximum Gasteiger partial charge on any atom is 0.166 e. The highest BCUT2D eigenvalue weighted by atomic mass is 35.5. The molecule has 0 aliphatic carbocycles. The predicted octanol–water partition coefficient (Wildman–Crippen LogP) is 1.70. The minimum Gasteiger partial charge on any atom is -0.383 e. The number of halogens is 1. The fourth-order valence-electron chi connectivity index (χ4n) is 0.495. The summed E-state index contributed by atoms with van der Waals surface area (Å²) in [5, 5.41) is 0. The second kappa shape index (κ2) is 8.30. The number of H-pyrrole nitrogens is 1. The van der Waals surface area contributed by atoms with Gasteiger partial charge in [-0.25, -0.2) is 0 Å². The first kappa shape index (κ1) is 11.2. The molecule has 1 aromatic rings. The average molecular weight is 190 g/mol. The Hall–Kier alpha value is -0.800. The number of aromatic amines is 1. The second-order valence-corrected chi connectivity index (χ2v) is 2.30. The maximum absolute atomic E-state index is 9.84. The summed E-state index contributed by atoms with van der Waals surface area (Å²) in [5.41, 5.74) is 0.625. The van der Waals surface area contributed by atoms with E-state index in [0.29, 0.717) is 18.2 Å². The molecule has 0 unspecified atom stereocenters. The van der Waals surface area contributed by atoms with Crippen molar-refractivity contribution in [2.24, 2.45) is 0 Å². The van der Waals surface area contributed by atoms with Crippen molar-refractivity contribution in [2.45, 2.75) is 0 Å². The molecule has 0 atom stereocenters. The standard InChI is InChI=1S/C5H5NO.C3H7ClO/c7-4-5-2-1-3-6-5;1-5-3-2-4/h1-4,6H;2-3H2,1H3. The van der Waals surface area contributed by atoms with Crippen LogP contribution in [0.2, 0.25) is 0 Å². The molecular weight excluding hydrogens is 178 g/mol. The molecule has 0 fully saturated rings. The smallest absolute Gasteiger partial charge is 0.166 e. The van der Waals surface area contributed by atoms with Crippen LogP contribution < -0.4 is 0 Å². The molecule has 68 valence electrons. The number of alkyl halides is 1. The summed E-state index contributed by atoms with van der Waals surface area (Å²) in [5.74, 6) is 0.594. The molecule has 0 bridgehead atoms. The largest absolute Gasteiger partial charge is 0.383 e. The van der Waals surface area contributed by atoms with Crippen molar-refractivity contribution >= 4 is 17.9 Å². The molecule has 0 aliphatic heterocycles. The highest BCUT2D eigenvalue weighted by molar-refractivity contribution is 6.17. The van der Waals surface area contributed by atoms with Gasteiger partial charge >= 0.3 is 0 Å². The van der Waals surface area contributed by atoms with Gasteiger partial charge in [0.15, 0.2) is 6.29 Å². The summed E-state index contributed by atoms with van der Waals surface area (Å²) in [6.07, 6.45) is 2.49. The monoisotopic (exact) mass is 189 g/mol. The number of aromatic nitrogens is 1. The molecule has 1 rings (SSSR count). The molecule has 12 heavy (non-hydrogen) atoms. The van der Waals surface area contributed by atoms with E-state index in [1.54, 1.807) is 25.4 Å². The summed E-state index contributed by atoms with van der Waals surface area (Å²) in [6, 6.07) is 3.50. The van der Waals surface area contributed by atoms with E-state index in [1.165, 1.54) is 0 Å². The van der Waals surface area contributed by atoms with Crippen molar-refractivity contribution in [1.82, 2.24) is 4.98 Å². The van der Waals surface area contributed by atoms with Crippen LogP contribution in [0.1, 0.15) is 10.5 Å². The number of rotatable bonds is 3. The van der Waals surface area contributed by atoms with E-state index in [0.717, 1.165) is 6.29 Å². The number of nitrogens with one attached hydrogen (secondary N) is 1. The van der Waals surface area contributed by atoms with Crippen LogP contribution in [0.15, 0.2) is 18.3 Å². The Morgan fingerprint density at radius 3 is 2.67 bits per heavy atom. The number of methoxy groups -OCH3 is 1. The Labute approximate surface area is 76.7 Å². The third-order valence-electron chi connectivity index (χ3n) is 1.03. The van der Waals surface area contributed by atoms with Crippen LogP contribution in [-0.4, -0.2) is 30.9 Å². The van der Waals surface area contributed by atoms with Gasteiger partial charge in [0.25, 0.3) is 0 Å². The number of carbonyl (C=O) groups is 1. The fourth-order valence-corrected chi connectivity index (χ4v) is 0.649. The molecule has 0 radical (unpaired) electrons. The van der Waals surface area contributed by atoms with Gasteiger partial charge in [-0.2, -0.15) is 0 Å². The minimum absolute atomic E-state index is 0.594. The lowest BCUT2D eigenvalue weighted by Gasteiger charge is -1.82. The predicted molar refractivity (Wildman–Crippen MR) is 48.8 cm³/mol. The first-order valence-electron chi connectivity index (χ1n) is 3.48. The summed E-state index contributed by atoms with van der Waals surface area (Å²) >= 11 is 5.18. The molecule has 1 aromatic heterocycles. The number of hydrogen-bond acceptors (Lipinski definition) is 2. The van der Waals surface area contributed by atoms with Crippen molar-refractivity contribution in [3.63, 3.8) is 0 Å². The van der Waals surface area contributed by atoms with Gasteiger partial charge in [0, 0.05) is 19.2 Å². The Morgan fingerprint density at radius 1 is 1.75 bits per heavy atom. The van der Waals surface area contributed by atoms with E-state index in [-0.39, 0.29) is 0 Å². The molecule has 3 nitrogen and oxygen atoms in total. The minimum atomic E-state index is 0.594. The van der Waals surface area contributed by atoms with Crippen LogP contribution in [0.5, 0.6) is 0 Å². The SMILES string of the molecule is COCCCl.O=Cc1ccc[nH]1. The van der Waals surface area contributed by atoms with Crippen LogP contribution in [0.25, 0.3) is 0 Å². The van der Waals surface area contributed by atoms with E-state index in [9.17, 15) is 4.79 Å². The van der Waals surface area contributed by atoms with Gasteiger partial charge in [-0.15, -0.1) is 11.6 Å². The van der Waals surface area contributed by atoms with Gasteiger partial charge in [-0.05, 0) is 12.1 Å². The van der Waals surface area contributed by atoms with Crippen LogP contribution in [0.3, 0.4) is 0 Å². The average Bonchev–Trinajstić information content (AvgIpc) is 2.58. The van der Waals surface area contributed by atoms with Gasteiger partial charge in [-0.1, -0.05) is 0 Å². The van der Waals surface area contributed by atoms with Gasteiger partial charge in [0.1, 0.15) is 0 Å². The molecule has 0 aliphatic rings. The van der Waals surface area contributed by atoms with E-state index >= 15 is 0 Å². The van der Waals surface area contributed by atoms with E-state index < -0.39 is 0 Å². The molecule has 0 saturated heterocycles. The number of carbonyl (C=O) groups excluding carboxylic acids is 1. The molecular formula is C8H12ClNO2. The molecule has 1 heterocycles. The van der Waals surface area contributed by atoms with Crippen molar-refractivity contribution in [2.75, 3.05) is 19.6 Å². The number of hydrogen-bond donors (Lipinski definition) is 1. The van der Waals surface area contributed by atoms with E-state index in [1.807, 2.05) is 0 Å². The van der Waals surface area contributed by atoms with E-state index in [4.69, 9.17) is 11.6 Å². The normalized spacial score (nSPS) is 8.50. The Kier molecular flexibility index (Phi) is 7.74. The topological polar surface area (TPSA) is 42.1 Å². The Morgan fingerprint density at radius 2 is 2.50 bits per heavy atom. The van der Waals surface area contributed by atoms with Crippen molar-refractivity contribution in [3.05, 3.63) is 24.0 Å². The summed E-state index contributed by atoms with van der Waals surface area (Å²) in [7, 11) is 1.63.